The van der Waals surface area contributed by atoms with Gasteiger partial charge in [0.1, 0.15) is 6.61 Å². The number of piperidine rings is 1. The number of nitrogens with zero attached hydrogens (tertiary/aromatic N) is 4. The summed E-state index contributed by atoms with van der Waals surface area (Å²) in [6.45, 7) is 6.10. The van der Waals surface area contributed by atoms with Crippen LogP contribution in [0, 0.1) is 5.92 Å². The quantitative estimate of drug-likeness (QED) is 0.258. The summed E-state index contributed by atoms with van der Waals surface area (Å²) in [7, 11) is 3.52. The Morgan fingerprint density at radius 2 is 1.73 bits per heavy atom. The third-order valence-corrected chi connectivity index (χ3v) is 9.15. The van der Waals surface area contributed by atoms with Gasteiger partial charge in [0, 0.05) is 44.8 Å². The molecule has 14 heteroatoms. The summed E-state index contributed by atoms with van der Waals surface area (Å²) in [6.07, 6.45) is -5.78. The molecule has 0 saturated carbocycles. The van der Waals surface area contributed by atoms with E-state index in [0.29, 0.717) is 27.6 Å². The van der Waals surface area contributed by atoms with E-state index in [1.165, 1.54) is 37.8 Å². The summed E-state index contributed by atoms with van der Waals surface area (Å²) < 4.78 is 90.5. The number of halogens is 6. The van der Waals surface area contributed by atoms with E-state index in [-0.39, 0.29) is 23.5 Å². The maximum atomic E-state index is 13.5. The van der Waals surface area contributed by atoms with Crippen molar-refractivity contribution in [2.45, 2.75) is 31.8 Å². The molecule has 2 aromatic carbocycles. The molecule has 0 spiro atoms. The van der Waals surface area contributed by atoms with Crippen molar-refractivity contribution >= 4 is 28.9 Å². The van der Waals surface area contributed by atoms with Crippen molar-refractivity contribution < 1.29 is 40.6 Å². The number of benzene rings is 2. The highest BCUT2D eigenvalue weighted by Crippen LogP contribution is 2.39. The van der Waals surface area contributed by atoms with Gasteiger partial charge in [0.25, 0.3) is 5.91 Å². The molecule has 2 saturated heterocycles. The fourth-order valence-corrected chi connectivity index (χ4v) is 6.75. The van der Waals surface area contributed by atoms with Gasteiger partial charge in [0.15, 0.2) is 16.7 Å². The third-order valence-electron chi connectivity index (χ3n) is 8.10. The van der Waals surface area contributed by atoms with Crippen LogP contribution in [0.1, 0.15) is 35.1 Å². The number of amides is 1. The summed E-state index contributed by atoms with van der Waals surface area (Å²) in [5, 5.41) is 0.659. The van der Waals surface area contributed by atoms with Crippen molar-refractivity contribution in [3.8, 4) is 11.5 Å². The standard InChI is InChI=1S/C31H34F6N4O3S/c1-39-9-3-4-21(17-39)18-40-10-12-41(13-11-40)29-38-28(42)27(45-29)15-20-5-8-25(26(14-20)43-2)44-19-22-6-7-23(30(32,33)34)16-24(22)31(35,36)37/h5-8,14-16,21H,3-4,9-13,17-19H2,1-2H3. The summed E-state index contributed by atoms with van der Waals surface area (Å²) >= 11 is 1.29. The number of amidine groups is 1. The smallest absolute Gasteiger partial charge is 0.416 e. The number of hydrogen-bond donors (Lipinski definition) is 0. The lowest BCUT2D eigenvalue weighted by molar-refractivity contribution is -0.143. The van der Waals surface area contributed by atoms with Crippen molar-refractivity contribution in [1.82, 2.24) is 14.7 Å². The van der Waals surface area contributed by atoms with Gasteiger partial charge in [-0.15, -0.1) is 0 Å². The topological polar surface area (TPSA) is 57.6 Å². The molecule has 2 fully saturated rings. The van der Waals surface area contributed by atoms with Crippen LogP contribution in [0.2, 0.25) is 0 Å². The fourth-order valence-electron chi connectivity index (χ4n) is 5.78. The number of carbonyl (C=O) groups excluding carboxylic acids is 1. The zero-order valence-electron chi connectivity index (χ0n) is 24.9. The molecule has 7 nitrogen and oxygen atoms in total. The number of rotatable bonds is 7. The number of ether oxygens (including phenoxy) is 2. The second-order valence-electron chi connectivity index (χ2n) is 11.4. The molecule has 0 aliphatic carbocycles. The average Bonchev–Trinajstić information content (AvgIpc) is 3.35. The van der Waals surface area contributed by atoms with Gasteiger partial charge in [-0.05, 0) is 80.0 Å². The fraction of sp³-hybridized carbons (Fsp3) is 0.484. The van der Waals surface area contributed by atoms with E-state index in [9.17, 15) is 31.1 Å². The second kappa shape index (κ2) is 13.6. The first kappa shape index (κ1) is 33.1. The number of aliphatic imine (C=N–C) groups is 1. The Balaban J connectivity index is 1.20. The Hall–Kier alpha value is -3.23. The summed E-state index contributed by atoms with van der Waals surface area (Å²) in [5.41, 5.74) is -2.70. The zero-order chi connectivity index (χ0) is 32.4. The summed E-state index contributed by atoms with van der Waals surface area (Å²) in [5.74, 6) is 0.596. The lowest BCUT2D eigenvalue weighted by Crippen LogP contribution is -2.50. The minimum absolute atomic E-state index is 0.0775. The van der Waals surface area contributed by atoms with Gasteiger partial charge in [-0.1, -0.05) is 12.1 Å². The van der Waals surface area contributed by atoms with Crippen LogP contribution >= 0.6 is 11.8 Å². The molecule has 3 aliphatic heterocycles. The Bertz CT molecular complexity index is 1450. The molecule has 0 radical (unpaired) electrons. The predicted octanol–water partition coefficient (Wildman–Crippen LogP) is 6.24. The van der Waals surface area contributed by atoms with E-state index in [0.717, 1.165) is 51.9 Å². The van der Waals surface area contributed by atoms with E-state index >= 15 is 0 Å². The summed E-state index contributed by atoms with van der Waals surface area (Å²) in [6, 6.07) is 6.06. The SMILES string of the molecule is COc1cc(C=C2SC(N3CCN(CC4CCCN(C)C4)CC3)=NC2=O)ccc1OCc1ccc(C(F)(F)F)cc1C(F)(F)F. The Morgan fingerprint density at radius 1 is 0.978 bits per heavy atom. The van der Waals surface area contributed by atoms with Gasteiger partial charge in [0.05, 0.1) is 23.1 Å². The third kappa shape index (κ3) is 8.33. The predicted molar refractivity (Wildman–Crippen MR) is 160 cm³/mol. The average molecular weight is 657 g/mol. The molecule has 2 aromatic rings. The lowest BCUT2D eigenvalue weighted by atomic mass is 9.97. The van der Waals surface area contributed by atoms with Crippen LogP contribution in [0.15, 0.2) is 46.3 Å². The monoisotopic (exact) mass is 656 g/mol. The van der Waals surface area contributed by atoms with E-state index in [2.05, 4.69) is 26.7 Å². The second-order valence-corrected chi connectivity index (χ2v) is 12.4. The zero-order valence-corrected chi connectivity index (χ0v) is 25.7. The first-order valence-corrected chi connectivity index (χ1v) is 15.4. The molecule has 1 unspecified atom stereocenters. The van der Waals surface area contributed by atoms with Crippen LogP contribution in [0.25, 0.3) is 6.08 Å². The van der Waals surface area contributed by atoms with Gasteiger partial charge in [-0.3, -0.25) is 9.69 Å². The molecular formula is C31H34F6N4O3S. The van der Waals surface area contributed by atoms with Crippen LogP contribution in [0.4, 0.5) is 26.3 Å². The summed E-state index contributed by atoms with van der Waals surface area (Å²) in [4.78, 5) is 24.4. The van der Waals surface area contributed by atoms with E-state index in [4.69, 9.17) is 9.47 Å². The molecular weight excluding hydrogens is 622 g/mol. The van der Waals surface area contributed by atoms with Crippen molar-refractivity contribution in [3.63, 3.8) is 0 Å². The van der Waals surface area contributed by atoms with Gasteiger partial charge in [0.2, 0.25) is 0 Å². The first-order valence-electron chi connectivity index (χ1n) is 14.6. The Labute approximate surface area is 261 Å². The normalized spacial score (nSPS) is 21.4. The maximum absolute atomic E-state index is 13.5. The molecule has 0 aromatic heterocycles. The van der Waals surface area contributed by atoms with Crippen molar-refractivity contribution in [1.29, 1.82) is 0 Å². The first-order chi connectivity index (χ1) is 21.3. The highest BCUT2D eigenvalue weighted by Gasteiger charge is 2.38. The highest BCUT2D eigenvalue weighted by atomic mass is 32.2. The number of methoxy groups -OCH3 is 1. The van der Waals surface area contributed by atoms with Gasteiger partial charge < -0.3 is 19.3 Å². The van der Waals surface area contributed by atoms with Crippen LogP contribution in [-0.2, 0) is 23.8 Å². The molecule has 45 heavy (non-hydrogen) atoms. The Morgan fingerprint density at radius 3 is 2.40 bits per heavy atom. The van der Waals surface area contributed by atoms with E-state index in [1.807, 2.05) is 0 Å². The number of hydrogen-bond acceptors (Lipinski definition) is 7. The minimum Gasteiger partial charge on any atom is -0.493 e. The molecule has 1 atom stereocenters. The molecule has 0 N–H and O–H groups in total. The van der Waals surface area contributed by atoms with Crippen molar-refractivity contribution in [3.05, 3.63) is 63.6 Å². The van der Waals surface area contributed by atoms with Gasteiger partial charge in [-0.25, -0.2) is 0 Å². The number of alkyl halides is 6. The molecule has 5 rings (SSSR count). The van der Waals surface area contributed by atoms with Gasteiger partial charge >= 0.3 is 12.4 Å². The van der Waals surface area contributed by atoms with Crippen LogP contribution in [0.5, 0.6) is 11.5 Å². The Kier molecular flexibility index (Phi) is 10.0. The number of likely N-dealkylation sites (tertiary alicyclic amines) is 1. The number of piperazine rings is 1. The van der Waals surface area contributed by atoms with Crippen LogP contribution in [0.3, 0.4) is 0 Å². The lowest BCUT2D eigenvalue weighted by Gasteiger charge is -2.39. The minimum atomic E-state index is -5.01. The largest absolute Gasteiger partial charge is 0.493 e. The molecule has 3 heterocycles. The van der Waals surface area contributed by atoms with Crippen LogP contribution in [-0.4, -0.2) is 85.7 Å². The van der Waals surface area contributed by atoms with Crippen LogP contribution < -0.4 is 9.47 Å². The number of carbonyl (C=O) groups is 1. The number of thioether (sulfide) groups is 1. The van der Waals surface area contributed by atoms with Crippen molar-refractivity contribution in [2.75, 3.05) is 60.0 Å². The maximum Gasteiger partial charge on any atom is 0.416 e. The molecule has 244 valence electrons. The molecule has 3 aliphatic rings. The highest BCUT2D eigenvalue weighted by molar-refractivity contribution is 8.18. The van der Waals surface area contributed by atoms with E-state index < -0.39 is 35.6 Å². The van der Waals surface area contributed by atoms with Gasteiger partial charge in [-0.2, -0.15) is 31.3 Å². The molecule has 0 bridgehead atoms. The molecule has 1 amide bonds. The van der Waals surface area contributed by atoms with Crippen molar-refractivity contribution in [2.24, 2.45) is 10.9 Å². The van der Waals surface area contributed by atoms with E-state index in [1.54, 1.807) is 18.2 Å².